The van der Waals surface area contributed by atoms with E-state index in [-0.39, 0.29) is 0 Å². The van der Waals surface area contributed by atoms with E-state index in [1.54, 1.807) is 0 Å². The smallest absolute Gasteiger partial charge is 0.00213 e. The van der Waals surface area contributed by atoms with Crippen LogP contribution in [0.15, 0.2) is 0 Å². The van der Waals surface area contributed by atoms with E-state index in [1.807, 2.05) is 0 Å². The third kappa shape index (κ3) is 7.83. The lowest BCUT2D eigenvalue weighted by Gasteiger charge is -2.01. The molecule has 0 radical (unpaired) electrons. The molecule has 0 spiro atoms. The number of hydrogen-bond acceptors (Lipinski definition) is 2. The van der Waals surface area contributed by atoms with E-state index >= 15 is 0 Å². The molecule has 0 atom stereocenters. The molecular formula is C11H22N2. The zero-order chi connectivity index (χ0) is 9.94. The first kappa shape index (κ1) is 12.5. The maximum atomic E-state index is 4.00. The molecule has 0 amide bonds. The largest absolute Gasteiger partial charge is 0.317 e. The van der Waals surface area contributed by atoms with Crippen LogP contribution in [-0.2, 0) is 0 Å². The maximum absolute atomic E-state index is 4.00. The summed E-state index contributed by atoms with van der Waals surface area (Å²) >= 11 is 0. The van der Waals surface area contributed by atoms with Crippen LogP contribution in [-0.4, -0.2) is 38.1 Å². The number of terminal acetylenes is 1. The van der Waals surface area contributed by atoms with Crippen LogP contribution in [0.3, 0.4) is 0 Å². The molecule has 0 aromatic carbocycles. The van der Waals surface area contributed by atoms with Gasteiger partial charge in [-0.3, -0.25) is 0 Å². The molecule has 0 unspecified atom stereocenters. The van der Waals surface area contributed by atoms with E-state index in [0.717, 1.165) is 0 Å². The zero-order valence-electron chi connectivity index (χ0n) is 8.76. The van der Waals surface area contributed by atoms with Gasteiger partial charge >= 0.3 is 0 Å². The molecule has 13 heavy (non-hydrogen) atoms. The lowest BCUT2D eigenvalue weighted by Crippen LogP contribution is -2.10. The molecule has 2 heteroatoms. The summed E-state index contributed by atoms with van der Waals surface area (Å²) in [5, 5.41) is 3.22. The standard InChI is InChI=1S/C5H11N.C4H9N.C2H2/c1-6-4-2-3-5-6;1-2-4-5-3-1;1-2/h2-5H2,1H3;5H,1-4H2;1-2H. The van der Waals surface area contributed by atoms with Gasteiger partial charge in [-0.25, -0.2) is 0 Å². The van der Waals surface area contributed by atoms with E-state index in [1.165, 1.54) is 51.9 Å². The Labute approximate surface area is 82.7 Å². The van der Waals surface area contributed by atoms with Crippen LogP contribution in [0.1, 0.15) is 25.7 Å². The van der Waals surface area contributed by atoms with Gasteiger partial charge in [0.1, 0.15) is 0 Å². The van der Waals surface area contributed by atoms with Crippen molar-refractivity contribution in [1.82, 2.24) is 10.2 Å². The van der Waals surface area contributed by atoms with Crippen LogP contribution in [0.4, 0.5) is 0 Å². The molecule has 2 aliphatic rings. The van der Waals surface area contributed by atoms with Crippen LogP contribution in [0.25, 0.3) is 0 Å². The Morgan fingerprint density at radius 1 is 0.923 bits per heavy atom. The summed E-state index contributed by atoms with van der Waals surface area (Å²) in [5.74, 6) is 0. The van der Waals surface area contributed by atoms with Crippen molar-refractivity contribution < 1.29 is 0 Å². The fraction of sp³-hybridized carbons (Fsp3) is 0.818. The number of likely N-dealkylation sites (tertiary alicyclic amines) is 1. The fourth-order valence-electron chi connectivity index (χ4n) is 1.50. The molecule has 0 saturated carbocycles. The van der Waals surface area contributed by atoms with E-state index in [9.17, 15) is 0 Å². The second kappa shape index (κ2) is 9.57. The van der Waals surface area contributed by atoms with Gasteiger partial charge in [-0.05, 0) is 58.9 Å². The first-order chi connectivity index (χ1) is 6.39. The molecule has 76 valence electrons. The normalized spacial score (nSPS) is 21.2. The minimum absolute atomic E-state index is 1.25. The van der Waals surface area contributed by atoms with Gasteiger partial charge in [0.15, 0.2) is 0 Å². The molecule has 2 rings (SSSR count). The number of rotatable bonds is 0. The Hall–Kier alpha value is -0.520. The highest BCUT2D eigenvalue weighted by atomic mass is 15.1. The highest BCUT2D eigenvalue weighted by molar-refractivity contribution is 4.59. The average Bonchev–Trinajstić information content (AvgIpc) is 2.81. The van der Waals surface area contributed by atoms with Crippen molar-refractivity contribution in [1.29, 1.82) is 0 Å². The van der Waals surface area contributed by atoms with E-state index in [0.29, 0.717) is 0 Å². The Morgan fingerprint density at radius 2 is 1.38 bits per heavy atom. The van der Waals surface area contributed by atoms with Gasteiger partial charge in [-0.1, -0.05) is 0 Å². The molecule has 0 aliphatic carbocycles. The molecular weight excluding hydrogens is 160 g/mol. The van der Waals surface area contributed by atoms with E-state index < -0.39 is 0 Å². The number of nitrogens with zero attached hydrogens (tertiary/aromatic N) is 1. The molecule has 2 heterocycles. The minimum Gasteiger partial charge on any atom is -0.317 e. The van der Waals surface area contributed by atoms with Gasteiger partial charge in [0.2, 0.25) is 0 Å². The summed E-state index contributed by atoms with van der Waals surface area (Å²) < 4.78 is 0. The number of hydrogen-bond donors (Lipinski definition) is 1. The predicted molar refractivity (Wildman–Crippen MR) is 58.7 cm³/mol. The van der Waals surface area contributed by atoms with Crippen LogP contribution >= 0.6 is 0 Å². The topological polar surface area (TPSA) is 15.3 Å². The van der Waals surface area contributed by atoms with E-state index in [4.69, 9.17) is 0 Å². The molecule has 0 aromatic heterocycles. The van der Waals surface area contributed by atoms with Crippen molar-refractivity contribution in [2.75, 3.05) is 33.2 Å². The monoisotopic (exact) mass is 182 g/mol. The van der Waals surface area contributed by atoms with Crippen molar-refractivity contribution in [2.24, 2.45) is 0 Å². The quantitative estimate of drug-likeness (QED) is 0.569. The Morgan fingerprint density at radius 3 is 1.54 bits per heavy atom. The zero-order valence-corrected chi connectivity index (χ0v) is 8.76. The third-order valence-corrected chi connectivity index (χ3v) is 2.29. The summed E-state index contributed by atoms with van der Waals surface area (Å²) in [5.41, 5.74) is 0. The Kier molecular flexibility index (Phi) is 9.18. The first-order valence-electron chi connectivity index (χ1n) is 5.12. The molecule has 2 fully saturated rings. The van der Waals surface area contributed by atoms with Crippen LogP contribution in [0, 0.1) is 12.8 Å². The summed E-state index contributed by atoms with van der Waals surface area (Å²) in [6.07, 6.45) is 13.6. The van der Waals surface area contributed by atoms with Crippen molar-refractivity contribution in [3.05, 3.63) is 0 Å². The van der Waals surface area contributed by atoms with E-state index in [2.05, 4.69) is 30.1 Å². The van der Waals surface area contributed by atoms with Crippen LogP contribution < -0.4 is 5.32 Å². The molecule has 0 aromatic rings. The molecule has 2 nitrogen and oxygen atoms in total. The van der Waals surface area contributed by atoms with Gasteiger partial charge in [0, 0.05) is 0 Å². The van der Waals surface area contributed by atoms with Crippen molar-refractivity contribution >= 4 is 0 Å². The highest BCUT2D eigenvalue weighted by Gasteiger charge is 2.03. The van der Waals surface area contributed by atoms with Gasteiger partial charge in [0.05, 0.1) is 0 Å². The minimum atomic E-state index is 1.25. The summed E-state index contributed by atoms with van der Waals surface area (Å²) in [4.78, 5) is 2.36. The van der Waals surface area contributed by atoms with Crippen molar-refractivity contribution in [3.8, 4) is 12.8 Å². The van der Waals surface area contributed by atoms with Gasteiger partial charge in [0.25, 0.3) is 0 Å². The van der Waals surface area contributed by atoms with Crippen LogP contribution in [0.5, 0.6) is 0 Å². The molecule has 0 bridgehead atoms. The number of nitrogens with one attached hydrogen (secondary N) is 1. The Bertz CT molecular complexity index is 103. The molecule has 1 N–H and O–H groups in total. The fourth-order valence-corrected chi connectivity index (χ4v) is 1.50. The van der Waals surface area contributed by atoms with Crippen molar-refractivity contribution in [3.63, 3.8) is 0 Å². The summed E-state index contributed by atoms with van der Waals surface area (Å²) in [6, 6.07) is 0. The summed E-state index contributed by atoms with van der Waals surface area (Å²) in [6.45, 7) is 5.14. The van der Waals surface area contributed by atoms with Gasteiger partial charge < -0.3 is 10.2 Å². The SMILES string of the molecule is C#C.C1CCNC1.CN1CCCC1. The van der Waals surface area contributed by atoms with Gasteiger partial charge in [-0.2, -0.15) is 0 Å². The maximum Gasteiger partial charge on any atom is -0.00213 e. The molecule has 2 aliphatic heterocycles. The van der Waals surface area contributed by atoms with Crippen molar-refractivity contribution in [2.45, 2.75) is 25.7 Å². The first-order valence-corrected chi connectivity index (χ1v) is 5.12. The average molecular weight is 182 g/mol. The summed E-state index contributed by atoms with van der Waals surface area (Å²) in [7, 11) is 2.17. The highest BCUT2D eigenvalue weighted by Crippen LogP contribution is 2.02. The molecule has 2 saturated heterocycles. The predicted octanol–water partition coefficient (Wildman–Crippen LogP) is 1.33. The lowest BCUT2D eigenvalue weighted by atomic mass is 10.4. The lowest BCUT2D eigenvalue weighted by molar-refractivity contribution is 0.418. The van der Waals surface area contributed by atoms with Crippen LogP contribution in [0.2, 0.25) is 0 Å². The van der Waals surface area contributed by atoms with Gasteiger partial charge in [-0.15, -0.1) is 12.8 Å². The third-order valence-electron chi connectivity index (χ3n) is 2.29. The second-order valence-corrected chi connectivity index (χ2v) is 3.47. The second-order valence-electron chi connectivity index (χ2n) is 3.47. The Balaban J connectivity index is 0.000000189.